The van der Waals surface area contributed by atoms with Gasteiger partial charge in [-0.3, -0.25) is 4.79 Å². The number of carbonyl (C=O) groups excluding carboxylic acids is 2. The maximum absolute atomic E-state index is 12.8. The van der Waals surface area contributed by atoms with Crippen molar-refractivity contribution in [3.63, 3.8) is 0 Å². The first-order chi connectivity index (χ1) is 12.5. The van der Waals surface area contributed by atoms with Crippen LogP contribution in [0.1, 0.15) is 5.56 Å². The van der Waals surface area contributed by atoms with Gasteiger partial charge < -0.3 is 24.1 Å². The molecule has 0 saturated heterocycles. The van der Waals surface area contributed by atoms with Crippen molar-refractivity contribution in [2.24, 2.45) is 0 Å². The fourth-order valence-corrected chi connectivity index (χ4v) is 2.81. The molecule has 1 N–H and O–H groups in total. The fourth-order valence-electron chi connectivity index (χ4n) is 2.81. The molecule has 1 atom stereocenters. The molecule has 26 heavy (non-hydrogen) atoms. The minimum absolute atomic E-state index is 0.164. The van der Waals surface area contributed by atoms with Crippen LogP contribution in [-0.2, 0) is 28.5 Å². The predicted molar refractivity (Wildman–Crippen MR) is 92.9 cm³/mol. The van der Waals surface area contributed by atoms with Crippen LogP contribution in [0.5, 0.6) is 0 Å². The van der Waals surface area contributed by atoms with Gasteiger partial charge >= 0.3 is 5.97 Å². The molecule has 0 saturated carbocycles. The molecule has 0 bridgehead atoms. The second-order valence-corrected chi connectivity index (χ2v) is 5.28. The Balaban J connectivity index is 2.56. The van der Waals surface area contributed by atoms with Gasteiger partial charge in [-0.05, 0) is 11.6 Å². The summed E-state index contributed by atoms with van der Waals surface area (Å²) < 4.78 is 20.4. The number of hydrogen-bond acceptors (Lipinski definition) is 7. The summed E-state index contributed by atoms with van der Waals surface area (Å²) in [5.74, 6) is -2.45. The lowest BCUT2D eigenvalue weighted by Crippen LogP contribution is -2.46. The molecule has 2 rings (SSSR count). The van der Waals surface area contributed by atoms with Crippen molar-refractivity contribution in [1.29, 1.82) is 0 Å². The number of methoxy groups -OCH3 is 4. The SMILES string of the molecule is COC(=O)[C@@]1(OC)C(OC)=C(OC)C(O)=C1C(=O)/C=C/c1ccccc1. The zero-order chi connectivity index (χ0) is 19.3. The monoisotopic (exact) mass is 360 g/mol. The van der Waals surface area contributed by atoms with Gasteiger partial charge in [-0.15, -0.1) is 0 Å². The molecule has 138 valence electrons. The van der Waals surface area contributed by atoms with Gasteiger partial charge in [0.15, 0.2) is 17.3 Å². The zero-order valence-corrected chi connectivity index (χ0v) is 14.9. The van der Waals surface area contributed by atoms with E-state index in [-0.39, 0.29) is 17.1 Å². The summed E-state index contributed by atoms with van der Waals surface area (Å²) in [7, 11) is 4.89. The van der Waals surface area contributed by atoms with Crippen LogP contribution in [0.2, 0.25) is 0 Å². The van der Waals surface area contributed by atoms with E-state index in [0.29, 0.717) is 0 Å². The molecule has 1 aliphatic carbocycles. The Morgan fingerprint density at radius 3 is 2.19 bits per heavy atom. The molecule has 1 aromatic rings. The molecule has 0 aliphatic heterocycles. The highest BCUT2D eigenvalue weighted by molar-refractivity contribution is 6.14. The van der Waals surface area contributed by atoms with E-state index >= 15 is 0 Å². The highest BCUT2D eigenvalue weighted by Crippen LogP contribution is 2.44. The molecule has 0 unspecified atom stereocenters. The molecule has 0 aromatic heterocycles. The third-order valence-corrected chi connectivity index (χ3v) is 3.99. The Hall–Kier alpha value is -3.06. The Bertz CT molecular complexity index is 789. The molecule has 0 spiro atoms. The van der Waals surface area contributed by atoms with Gasteiger partial charge in [0.05, 0.1) is 26.9 Å². The third kappa shape index (κ3) is 2.97. The van der Waals surface area contributed by atoms with Crippen LogP contribution >= 0.6 is 0 Å². The molecule has 0 amide bonds. The lowest BCUT2D eigenvalue weighted by molar-refractivity contribution is -0.161. The fraction of sp³-hybridized carbons (Fsp3) is 0.263. The molecule has 7 heteroatoms. The highest BCUT2D eigenvalue weighted by atomic mass is 16.6. The van der Waals surface area contributed by atoms with Crippen molar-refractivity contribution in [3.05, 3.63) is 64.8 Å². The number of allylic oxidation sites excluding steroid dienone is 1. The molecule has 1 aliphatic rings. The van der Waals surface area contributed by atoms with Crippen LogP contribution in [0.4, 0.5) is 0 Å². The second-order valence-electron chi connectivity index (χ2n) is 5.28. The van der Waals surface area contributed by atoms with Gasteiger partial charge in [0.2, 0.25) is 5.76 Å². The van der Waals surface area contributed by atoms with Gasteiger partial charge in [-0.25, -0.2) is 4.79 Å². The first kappa shape index (κ1) is 19.3. The molecular formula is C19H20O7. The summed E-state index contributed by atoms with van der Waals surface area (Å²) >= 11 is 0. The van der Waals surface area contributed by atoms with Crippen LogP contribution in [0.25, 0.3) is 6.08 Å². The van der Waals surface area contributed by atoms with E-state index in [9.17, 15) is 14.7 Å². The van der Waals surface area contributed by atoms with E-state index in [4.69, 9.17) is 18.9 Å². The van der Waals surface area contributed by atoms with Crippen molar-refractivity contribution in [3.8, 4) is 0 Å². The summed E-state index contributed by atoms with van der Waals surface area (Å²) in [4.78, 5) is 25.3. The number of ketones is 1. The maximum Gasteiger partial charge on any atom is 0.351 e. The number of aliphatic hydroxyl groups is 1. The van der Waals surface area contributed by atoms with E-state index in [1.807, 2.05) is 18.2 Å². The summed E-state index contributed by atoms with van der Waals surface area (Å²) in [6.07, 6.45) is 2.78. The minimum Gasteiger partial charge on any atom is -0.504 e. The lowest BCUT2D eigenvalue weighted by atomic mass is 9.91. The zero-order valence-electron chi connectivity index (χ0n) is 14.9. The Kier molecular flexibility index (Phi) is 5.84. The average Bonchev–Trinajstić information content (AvgIpc) is 2.94. The van der Waals surface area contributed by atoms with Crippen molar-refractivity contribution in [2.45, 2.75) is 5.60 Å². The number of ether oxygens (including phenoxy) is 4. The molecule has 7 nitrogen and oxygen atoms in total. The van der Waals surface area contributed by atoms with Crippen LogP contribution < -0.4 is 0 Å². The molecule has 1 aromatic carbocycles. The molecular weight excluding hydrogens is 340 g/mol. The lowest BCUT2D eigenvalue weighted by Gasteiger charge is -2.28. The standard InChI is InChI=1S/C19H20O7/c1-23-16-15(21)14(13(20)11-10-12-8-6-5-7-9-12)19(26-4,17(16)24-2)18(22)25-3/h5-11,21H,1-4H3/b11-10+/t19-/m0/s1. The topological polar surface area (TPSA) is 91.3 Å². The smallest absolute Gasteiger partial charge is 0.351 e. The number of carbonyl (C=O) groups is 2. The first-order valence-corrected chi connectivity index (χ1v) is 7.65. The summed E-state index contributed by atoms with van der Waals surface area (Å²) in [5, 5.41) is 10.5. The van der Waals surface area contributed by atoms with Crippen LogP contribution in [0.3, 0.4) is 0 Å². The van der Waals surface area contributed by atoms with Crippen molar-refractivity contribution in [1.82, 2.24) is 0 Å². The largest absolute Gasteiger partial charge is 0.504 e. The van der Waals surface area contributed by atoms with Gasteiger partial charge in [-0.2, -0.15) is 0 Å². The molecule has 0 heterocycles. The number of esters is 1. The van der Waals surface area contributed by atoms with Crippen molar-refractivity contribution < 1.29 is 33.6 Å². The Morgan fingerprint density at radius 1 is 1.04 bits per heavy atom. The number of aliphatic hydroxyl groups excluding tert-OH is 1. The van der Waals surface area contributed by atoms with Crippen molar-refractivity contribution >= 4 is 17.8 Å². The quantitative estimate of drug-likeness (QED) is 0.588. The van der Waals surface area contributed by atoms with E-state index in [1.54, 1.807) is 18.2 Å². The van der Waals surface area contributed by atoms with E-state index in [0.717, 1.165) is 12.7 Å². The normalized spacial score (nSPS) is 19.8. The first-order valence-electron chi connectivity index (χ1n) is 7.65. The number of benzene rings is 1. The van der Waals surface area contributed by atoms with E-state index in [2.05, 4.69) is 0 Å². The van der Waals surface area contributed by atoms with Gasteiger partial charge in [-0.1, -0.05) is 36.4 Å². The Labute approximate surface area is 151 Å². The summed E-state index contributed by atoms with van der Waals surface area (Å²) in [5.41, 5.74) is -1.63. The third-order valence-electron chi connectivity index (χ3n) is 3.99. The van der Waals surface area contributed by atoms with Crippen LogP contribution in [0, 0.1) is 0 Å². The number of rotatable bonds is 7. The predicted octanol–water partition coefficient (Wildman–Crippen LogP) is 2.16. The van der Waals surface area contributed by atoms with Crippen LogP contribution in [-0.4, -0.2) is 50.9 Å². The average molecular weight is 360 g/mol. The second kappa shape index (κ2) is 7.88. The van der Waals surface area contributed by atoms with Gasteiger partial charge in [0.25, 0.3) is 5.60 Å². The van der Waals surface area contributed by atoms with Crippen molar-refractivity contribution in [2.75, 3.05) is 28.4 Å². The number of hydrogen-bond donors (Lipinski definition) is 1. The van der Waals surface area contributed by atoms with Gasteiger partial charge in [0, 0.05) is 7.11 Å². The Morgan fingerprint density at radius 2 is 1.69 bits per heavy atom. The van der Waals surface area contributed by atoms with E-state index < -0.39 is 23.1 Å². The highest BCUT2D eigenvalue weighted by Gasteiger charge is 2.59. The molecule has 0 radical (unpaired) electrons. The van der Waals surface area contributed by atoms with Crippen LogP contribution in [0.15, 0.2) is 59.3 Å². The van der Waals surface area contributed by atoms with E-state index in [1.165, 1.54) is 27.4 Å². The van der Waals surface area contributed by atoms with Gasteiger partial charge in [0.1, 0.15) is 0 Å². The molecule has 0 fully saturated rings. The summed E-state index contributed by atoms with van der Waals surface area (Å²) in [6, 6.07) is 9.08. The maximum atomic E-state index is 12.8. The summed E-state index contributed by atoms with van der Waals surface area (Å²) in [6.45, 7) is 0. The minimum atomic E-state index is -2.06.